The van der Waals surface area contributed by atoms with E-state index in [1.807, 2.05) is 13.8 Å². The van der Waals surface area contributed by atoms with Gasteiger partial charge in [0.05, 0.1) is 19.3 Å². The van der Waals surface area contributed by atoms with E-state index in [0.29, 0.717) is 0 Å². The number of hydrogen-bond acceptors (Lipinski definition) is 4. The molecule has 0 aromatic heterocycles. The van der Waals surface area contributed by atoms with E-state index in [2.05, 4.69) is 0 Å². The average Bonchev–Trinajstić information content (AvgIpc) is 2.05. The van der Waals surface area contributed by atoms with Gasteiger partial charge in [-0.2, -0.15) is 0 Å². The molecule has 1 unspecified atom stereocenters. The van der Waals surface area contributed by atoms with Crippen LogP contribution in [-0.4, -0.2) is 43.4 Å². The van der Waals surface area contributed by atoms with Crippen LogP contribution in [0.15, 0.2) is 0 Å². The van der Waals surface area contributed by atoms with E-state index < -0.39 is 5.41 Å². The maximum absolute atomic E-state index is 8.96. The van der Waals surface area contributed by atoms with Gasteiger partial charge in [-0.1, -0.05) is 13.8 Å². The van der Waals surface area contributed by atoms with Crippen molar-refractivity contribution >= 4 is 0 Å². The van der Waals surface area contributed by atoms with Crippen LogP contribution < -0.4 is 0 Å². The minimum Gasteiger partial charge on any atom is -0.396 e. The molecular formula is C8H18O4. The first-order valence-corrected chi connectivity index (χ1v) is 3.90. The predicted octanol–water partition coefficient (Wildman–Crippen LogP) is -0.0137. The van der Waals surface area contributed by atoms with Crippen molar-refractivity contribution in [3.63, 3.8) is 0 Å². The Bertz CT molecular complexity index is 114. The Kier molecular flexibility index (Phi) is 5.41. The Balaban J connectivity index is 3.95. The lowest BCUT2D eigenvalue weighted by Gasteiger charge is -2.30. The molecule has 1 atom stereocenters. The molecule has 0 saturated carbocycles. The standard InChI is InChI=1S/C8H18O4/c1-8(2,5-10)7(4-9)12-6-11-3/h7,9-10H,4-6H2,1-3H3. The minimum atomic E-state index is -0.437. The summed E-state index contributed by atoms with van der Waals surface area (Å²) in [6, 6.07) is 0. The van der Waals surface area contributed by atoms with E-state index in [1.165, 1.54) is 7.11 Å². The first kappa shape index (κ1) is 11.8. The highest BCUT2D eigenvalue weighted by atomic mass is 16.7. The summed E-state index contributed by atoms with van der Waals surface area (Å²) in [6.45, 7) is 3.64. The highest BCUT2D eigenvalue weighted by molar-refractivity contribution is 4.77. The molecule has 12 heavy (non-hydrogen) atoms. The number of ether oxygens (including phenoxy) is 2. The number of rotatable bonds is 6. The molecule has 0 bridgehead atoms. The number of aliphatic hydroxyl groups is 2. The third kappa shape index (κ3) is 3.49. The molecule has 0 aliphatic rings. The lowest BCUT2D eigenvalue weighted by Crippen LogP contribution is -2.38. The van der Waals surface area contributed by atoms with E-state index in [4.69, 9.17) is 19.7 Å². The topological polar surface area (TPSA) is 58.9 Å². The van der Waals surface area contributed by atoms with Crippen molar-refractivity contribution in [3.05, 3.63) is 0 Å². The van der Waals surface area contributed by atoms with E-state index in [9.17, 15) is 0 Å². The van der Waals surface area contributed by atoms with Crippen molar-refractivity contribution < 1.29 is 19.7 Å². The van der Waals surface area contributed by atoms with Gasteiger partial charge < -0.3 is 19.7 Å². The van der Waals surface area contributed by atoms with Gasteiger partial charge in [0.25, 0.3) is 0 Å². The largest absolute Gasteiger partial charge is 0.396 e. The Morgan fingerprint density at radius 2 is 1.92 bits per heavy atom. The fraction of sp³-hybridized carbons (Fsp3) is 1.00. The van der Waals surface area contributed by atoms with Gasteiger partial charge in [0.1, 0.15) is 6.79 Å². The maximum Gasteiger partial charge on any atom is 0.146 e. The summed E-state index contributed by atoms with van der Waals surface area (Å²) in [5, 5.41) is 17.9. The van der Waals surface area contributed by atoms with Crippen LogP contribution in [-0.2, 0) is 9.47 Å². The Morgan fingerprint density at radius 1 is 1.33 bits per heavy atom. The Labute approximate surface area is 73.1 Å². The van der Waals surface area contributed by atoms with Crippen LogP contribution >= 0.6 is 0 Å². The zero-order valence-corrected chi connectivity index (χ0v) is 7.91. The van der Waals surface area contributed by atoms with E-state index in [1.54, 1.807) is 0 Å². The smallest absolute Gasteiger partial charge is 0.146 e. The molecule has 0 spiro atoms. The summed E-state index contributed by atoms with van der Waals surface area (Å²) in [4.78, 5) is 0. The molecular weight excluding hydrogens is 160 g/mol. The molecule has 0 aliphatic carbocycles. The SMILES string of the molecule is COCOC(CO)C(C)(C)CO. The fourth-order valence-corrected chi connectivity index (χ4v) is 0.777. The third-order valence-electron chi connectivity index (χ3n) is 1.83. The molecule has 74 valence electrons. The second-order valence-electron chi connectivity index (χ2n) is 3.39. The van der Waals surface area contributed by atoms with Crippen LogP contribution in [0.25, 0.3) is 0 Å². The molecule has 0 aromatic carbocycles. The lowest BCUT2D eigenvalue weighted by atomic mass is 9.88. The van der Waals surface area contributed by atoms with Gasteiger partial charge in [0.2, 0.25) is 0 Å². The first-order chi connectivity index (χ1) is 5.58. The summed E-state index contributed by atoms with van der Waals surface area (Å²) in [6.07, 6.45) is -0.387. The van der Waals surface area contributed by atoms with Crippen molar-refractivity contribution in [2.75, 3.05) is 27.1 Å². The van der Waals surface area contributed by atoms with Gasteiger partial charge in [0, 0.05) is 12.5 Å². The summed E-state index contributed by atoms with van der Waals surface area (Å²) >= 11 is 0. The molecule has 2 N–H and O–H groups in total. The molecule has 0 fully saturated rings. The predicted molar refractivity (Wildman–Crippen MR) is 44.7 cm³/mol. The summed E-state index contributed by atoms with van der Waals surface area (Å²) in [5.74, 6) is 0. The Morgan fingerprint density at radius 3 is 2.25 bits per heavy atom. The zero-order valence-electron chi connectivity index (χ0n) is 7.91. The normalized spacial score (nSPS) is 14.8. The highest BCUT2D eigenvalue weighted by Crippen LogP contribution is 2.21. The van der Waals surface area contributed by atoms with Gasteiger partial charge in [0.15, 0.2) is 0 Å². The number of methoxy groups -OCH3 is 1. The first-order valence-electron chi connectivity index (χ1n) is 3.90. The van der Waals surface area contributed by atoms with Crippen molar-refractivity contribution in [1.29, 1.82) is 0 Å². The van der Waals surface area contributed by atoms with E-state index in [0.717, 1.165) is 0 Å². The quantitative estimate of drug-likeness (QED) is 0.561. The summed E-state index contributed by atoms with van der Waals surface area (Å²) in [5.41, 5.74) is -0.437. The second kappa shape index (κ2) is 5.48. The lowest BCUT2D eigenvalue weighted by molar-refractivity contribution is -0.136. The highest BCUT2D eigenvalue weighted by Gasteiger charge is 2.28. The van der Waals surface area contributed by atoms with Crippen molar-refractivity contribution in [2.45, 2.75) is 20.0 Å². The van der Waals surface area contributed by atoms with Crippen LogP contribution in [0.3, 0.4) is 0 Å². The number of aliphatic hydroxyl groups excluding tert-OH is 2. The molecule has 0 radical (unpaired) electrons. The monoisotopic (exact) mass is 178 g/mol. The molecule has 0 amide bonds. The van der Waals surface area contributed by atoms with Crippen LogP contribution in [0.5, 0.6) is 0 Å². The van der Waals surface area contributed by atoms with Crippen LogP contribution in [0, 0.1) is 5.41 Å². The minimum absolute atomic E-state index is 0.0259. The van der Waals surface area contributed by atoms with Gasteiger partial charge >= 0.3 is 0 Å². The zero-order chi connectivity index (χ0) is 9.61. The second-order valence-corrected chi connectivity index (χ2v) is 3.39. The maximum atomic E-state index is 8.96. The van der Waals surface area contributed by atoms with Gasteiger partial charge in [-0.3, -0.25) is 0 Å². The van der Waals surface area contributed by atoms with E-state index in [-0.39, 0.29) is 26.1 Å². The molecule has 0 aromatic rings. The van der Waals surface area contributed by atoms with Crippen molar-refractivity contribution in [2.24, 2.45) is 5.41 Å². The van der Waals surface area contributed by atoms with Gasteiger partial charge in [-0.05, 0) is 0 Å². The van der Waals surface area contributed by atoms with Crippen LogP contribution in [0.1, 0.15) is 13.8 Å². The molecule has 0 rings (SSSR count). The van der Waals surface area contributed by atoms with Crippen molar-refractivity contribution in [3.8, 4) is 0 Å². The Hall–Kier alpha value is -0.160. The molecule has 0 aliphatic heterocycles. The van der Waals surface area contributed by atoms with Crippen LogP contribution in [0.4, 0.5) is 0 Å². The average molecular weight is 178 g/mol. The van der Waals surface area contributed by atoms with Crippen molar-refractivity contribution in [1.82, 2.24) is 0 Å². The third-order valence-corrected chi connectivity index (χ3v) is 1.83. The molecule has 4 heteroatoms. The van der Waals surface area contributed by atoms with Gasteiger partial charge in [-0.25, -0.2) is 0 Å². The molecule has 4 nitrogen and oxygen atoms in total. The summed E-state index contributed by atoms with van der Waals surface area (Å²) < 4.78 is 9.86. The summed E-state index contributed by atoms with van der Waals surface area (Å²) in [7, 11) is 1.51. The number of hydrogen-bond donors (Lipinski definition) is 2. The van der Waals surface area contributed by atoms with Gasteiger partial charge in [-0.15, -0.1) is 0 Å². The molecule has 0 saturated heterocycles. The van der Waals surface area contributed by atoms with Crippen LogP contribution in [0.2, 0.25) is 0 Å². The molecule has 0 heterocycles. The fourth-order valence-electron chi connectivity index (χ4n) is 0.777. The van der Waals surface area contributed by atoms with E-state index >= 15 is 0 Å².